The Balaban J connectivity index is 2.00. The van der Waals surface area contributed by atoms with E-state index in [1.165, 1.54) is 49.4 Å². The molecular formula is C16H12Cl2FNO3. The molecule has 4 nitrogen and oxygen atoms in total. The Kier molecular flexibility index (Phi) is 5.58. The monoisotopic (exact) mass is 355 g/mol. The van der Waals surface area contributed by atoms with Crippen LogP contribution in [0.3, 0.4) is 0 Å². The molecule has 0 unspecified atom stereocenters. The Hall–Kier alpha value is -2.11. The standard InChI is InChI=1S/C16H12Cl2FNO3/c1-9(15(21)20-12-5-3-11(19)4-6-12)23-16(22)13-7-2-10(17)8-14(13)18/h2-9H,1H3,(H,20,21)/t9-/m1/s1. The van der Waals surface area contributed by atoms with Gasteiger partial charge in [-0.2, -0.15) is 0 Å². The topological polar surface area (TPSA) is 55.4 Å². The van der Waals surface area contributed by atoms with Gasteiger partial charge in [0.15, 0.2) is 6.10 Å². The predicted octanol–water partition coefficient (Wildman–Crippen LogP) is 4.32. The van der Waals surface area contributed by atoms with Crippen molar-refractivity contribution in [3.8, 4) is 0 Å². The molecule has 0 aliphatic heterocycles. The predicted molar refractivity (Wildman–Crippen MR) is 86.4 cm³/mol. The van der Waals surface area contributed by atoms with Crippen molar-refractivity contribution < 1.29 is 18.7 Å². The first-order chi connectivity index (χ1) is 10.9. The second-order valence-corrected chi connectivity index (χ2v) is 5.51. The van der Waals surface area contributed by atoms with Crippen LogP contribution < -0.4 is 5.32 Å². The van der Waals surface area contributed by atoms with Crippen molar-refractivity contribution in [2.24, 2.45) is 0 Å². The smallest absolute Gasteiger partial charge is 0.340 e. The Labute approximate surface area is 142 Å². The van der Waals surface area contributed by atoms with E-state index in [0.29, 0.717) is 10.7 Å². The number of esters is 1. The molecule has 2 aromatic rings. The van der Waals surface area contributed by atoms with Gasteiger partial charge in [0.05, 0.1) is 10.6 Å². The summed E-state index contributed by atoms with van der Waals surface area (Å²) >= 11 is 11.7. The highest BCUT2D eigenvalue weighted by atomic mass is 35.5. The number of hydrogen-bond donors (Lipinski definition) is 1. The van der Waals surface area contributed by atoms with Gasteiger partial charge in [0.1, 0.15) is 5.82 Å². The van der Waals surface area contributed by atoms with E-state index in [0.717, 1.165) is 0 Å². The number of halogens is 3. The van der Waals surface area contributed by atoms with Gasteiger partial charge in [-0.15, -0.1) is 0 Å². The van der Waals surface area contributed by atoms with Crippen LogP contribution in [0, 0.1) is 5.82 Å². The molecule has 0 saturated heterocycles. The molecule has 1 N–H and O–H groups in total. The zero-order valence-electron chi connectivity index (χ0n) is 12.0. The molecule has 7 heteroatoms. The molecule has 0 radical (unpaired) electrons. The summed E-state index contributed by atoms with van der Waals surface area (Å²) in [4.78, 5) is 24.0. The molecule has 1 amide bonds. The molecule has 0 bridgehead atoms. The third kappa shape index (κ3) is 4.68. The molecule has 0 aromatic heterocycles. The molecule has 120 valence electrons. The van der Waals surface area contributed by atoms with E-state index in [2.05, 4.69) is 5.32 Å². The molecule has 0 aliphatic rings. The molecule has 2 aromatic carbocycles. The lowest BCUT2D eigenvalue weighted by molar-refractivity contribution is -0.123. The van der Waals surface area contributed by atoms with Crippen molar-refractivity contribution in [3.05, 3.63) is 63.9 Å². The SMILES string of the molecule is C[C@@H](OC(=O)c1ccc(Cl)cc1Cl)C(=O)Nc1ccc(F)cc1. The maximum absolute atomic E-state index is 12.8. The lowest BCUT2D eigenvalue weighted by atomic mass is 10.2. The molecule has 0 aliphatic carbocycles. The van der Waals surface area contributed by atoms with Crippen molar-refractivity contribution >= 4 is 40.8 Å². The van der Waals surface area contributed by atoms with Crippen molar-refractivity contribution in [1.82, 2.24) is 0 Å². The minimum Gasteiger partial charge on any atom is -0.449 e. The first-order valence-electron chi connectivity index (χ1n) is 6.59. The Bertz CT molecular complexity index is 735. The fourth-order valence-corrected chi connectivity index (χ4v) is 2.20. The molecular weight excluding hydrogens is 344 g/mol. The summed E-state index contributed by atoms with van der Waals surface area (Å²) in [5.41, 5.74) is 0.501. The van der Waals surface area contributed by atoms with Crippen LogP contribution in [-0.4, -0.2) is 18.0 Å². The van der Waals surface area contributed by atoms with Crippen LogP contribution in [0.25, 0.3) is 0 Å². The van der Waals surface area contributed by atoms with Crippen LogP contribution in [0.1, 0.15) is 17.3 Å². The number of rotatable bonds is 4. The molecule has 0 heterocycles. The van der Waals surface area contributed by atoms with Crippen LogP contribution in [0.5, 0.6) is 0 Å². The van der Waals surface area contributed by atoms with Crippen molar-refractivity contribution in [1.29, 1.82) is 0 Å². The Morgan fingerprint density at radius 2 is 1.78 bits per heavy atom. The fourth-order valence-electron chi connectivity index (χ4n) is 1.71. The van der Waals surface area contributed by atoms with E-state index in [9.17, 15) is 14.0 Å². The number of carbonyl (C=O) groups is 2. The number of benzene rings is 2. The van der Waals surface area contributed by atoms with E-state index in [4.69, 9.17) is 27.9 Å². The fraction of sp³-hybridized carbons (Fsp3) is 0.125. The normalized spacial score (nSPS) is 11.7. The first kappa shape index (κ1) is 17.2. The van der Waals surface area contributed by atoms with E-state index < -0.39 is 23.8 Å². The summed E-state index contributed by atoms with van der Waals surface area (Å²) < 4.78 is 17.9. The number of nitrogens with one attached hydrogen (secondary N) is 1. The van der Waals surface area contributed by atoms with Gasteiger partial charge in [0, 0.05) is 10.7 Å². The summed E-state index contributed by atoms with van der Waals surface area (Å²) in [6.07, 6.45) is -1.06. The lowest BCUT2D eigenvalue weighted by Gasteiger charge is -2.14. The number of hydrogen-bond acceptors (Lipinski definition) is 3. The van der Waals surface area contributed by atoms with Gasteiger partial charge in [-0.25, -0.2) is 9.18 Å². The minimum atomic E-state index is -1.06. The second-order valence-electron chi connectivity index (χ2n) is 4.67. The second kappa shape index (κ2) is 7.44. The van der Waals surface area contributed by atoms with E-state index >= 15 is 0 Å². The van der Waals surface area contributed by atoms with E-state index in [-0.39, 0.29) is 10.6 Å². The minimum absolute atomic E-state index is 0.109. The molecule has 1 atom stereocenters. The van der Waals surface area contributed by atoms with Gasteiger partial charge in [0.25, 0.3) is 5.91 Å². The lowest BCUT2D eigenvalue weighted by Crippen LogP contribution is -2.30. The van der Waals surface area contributed by atoms with Gasteiger partial charge >= 0.3 is 5.97 Å². The highest BCUT2D eigenvalue weighted by molar-refractivity contribution is 6.36. The summed E-state index contributed by atoms with van der Waals surface area (Å²) in [5, 5.41) is 3.03. The zero-order valence-corrected chi connectivity index (χ0v) is 13.5. The summed E-state index contributed by atoms with van der Waals surface area (Å²) in [6, 6.07) is 9.53. The third-order valence-electron chi connectivity index (χ3n) is 2.92. The summed E-state index contributed by atoms with van der Waals surface area (Å²) in [6.45, 7) is 1.42. The van der Waals surface area contributed by atoms with E-state index in [1.807, 2.05) is 0 Å². The molecule has 0 fully saturated rings. The Morgan fingerprint density at radius 1 is 1.13 bits per heavy atom. The molecule has 23 heavy (non-hydrogen) atoms. The first-order valence-corrected chi connectivity index (χ1v) is 7.35. The molecule has 0 saturated carbocycles. The summed E-state index contributed by atoms with van der Waals surface area (Å²) in [5.74, 6) is -1.71. The van der Waals surface area contributed by atoms with Crippen LogP contribution in [0.4, 0.5) is 10.1 Å². The average Bonchev–Trinajstić information content (AvgIpc) is 2.49. The quantitative estimate of drug-likeness (QED) is 0.831. The zero-order chi connectivity index (χ0) is 17.0. The van der Waals surface area contributed by atoms with Gasteiger partial charge in [-0.3, -0.25) is 4.79 Å². The van der Waals surface area contributed by atoms with Crippen molar-refractivity contribution in [2.45, 2.75) is 13.0 Å². The van der Waals surface area contributed by atoms with Gasteiger partial charge in [-0.05, 0) is 49.4 Å². The molecule has 2 rings (SSSR count). The number of amides is 1. The largest absolute Gasteiger partial charge is 0.449 e. The highest BCUT2D eigenvalue weighted by Crippen LogP contribution is 2.22. The van der Waals surface area contributed by atoms with Crippen LogP contribution in [0.15, 0.2) is 42.5 Å². The van der Waals surface area contributed by atoms with Crippen molar-refractivity contribution in [3.63, 3.8) is 0 Å². The molecule has 0 spiro atoms. The van der Waals surface area contributed by atoms with Crippen LogP contribution in [-0.2, 0) is 9.53 Å². The number of anilines is 1. The van der Waals surface area contributed by atoms with E-state index in [1.54, 1.807) is 0 Å². The third-order valence-corrected chi connectivity index (χ3v) is 3.46. The van der Waals surface area contributed by atoms with Crippen LogP contribution in [0.2, 0.25) is 10.0 Å². The van der Waals surface area contributed by atoms with Crippen LogP contribution >= 0.6 is 23.2 Å². The van der Waals surface area contributed by atoms with Gasteiger partial charge < -0.3 is 10.1 Å². The maximum atomic E-state index is 12.8. The average molecular weight is 356 g/mol. The van der Waals surface area contributed by atoms with Crippen molar-refractivity contribution in [2.75, 3.05) is 5.32 Å². The van der Waals surface area contributed by atoms with Gasteiger partial charge in [0.2, 0.25) is 0 Å². The number of ether oxygens (including phenoxy) is 1. The summed E-state index contributed by atoms with van der Waals surface area (Å²) in [7, 11) is 0. The van der Waals surface area contributed by atoms with Gasteiger partial charge in [-0.1, -0.05) is 23.2 Å². The maximum Gasteiger partial charge on any atom is 0.340 e. The highest BCUT2D eigenvalue weighted by Gasteiger charge is 2.20. The Morgan fingerprint density at radius 3 is 2.39 bits per heavy atom. The number of carbonyl (C=O) groups excluding carboxylic acids is 2.